The zero-order valence-corrected chi connectivity index (χ0v) is 14.9. The van der Waals surface area contributed by atoms with Gasteiger partial charge in [-0.2, -0.15) is 0 Å². The first-order chi connectivity index (χ1) is 11.3. The third-order valence-electron chi connectivity index (χ3n) is 4.25. The summed E-state index contributed by atoms with van der Waals surface area (Å²) in [6.45, 7) is 1.91. The van der Waals surface area contributed by atoms with Crippen LogP contribution >= 0.6 is 23.2 Å². The molecule has 0 saturated heterocycles. The molecule has 0 unspecified atom stereocenters. The Hall–Kier alpha value is -2.04. The summed E-state index contributed by atoms with van der Waals surface area (Å²) < 4.78 is 0. The Balaban J connectivity index is 2.06. The number of carbonyl (C=O) groups excluding carboxylic acids is 1. The topological polar surface area (TPSA) is 58.7 Å². The van der Waals surface area contributed by atoms with Crippen LogP contribution in [0.5, 0.6) is 0 Å². The minimum Gasteiger partial charge on any atom is -0.369 e. The monoisotopic (exact) mass is 361 g/mol. The molecular weight excluding hydrogens is 345 g/mol. The van der Waals surface area contributed by atoms with Crippen LogP contribution in [0.25, 0.3) is 11.1 Å². The van der Waals surface area contributed by atoms with Crippen molar-refractivity contribution in [1.82, 2.24) is 4.90 Å². The van der Waals surface area contributed by atoms with Gasteiger partial charge in [0, 0.05) is 17.1 Å². The van der Waals surface area contributed by atoms with E-state index >= 15 is 0 Å². The molecule has 24 heavy (non-hydrogen) atoms. The van der Waals surface area contributed by atoms with Crippen LogP contribution < -0.4 is 5.73 Å². The molecule has 0 radical (unpaired) electrons. The average molecular weight is 362 g/mol. The van der Waals surface area contributed by atoms with Crippen molar-refractivity contribution in [3.63, 3.8) is 0 Å². The molecule has 3 rings (SSSR count). The van der Waals surface area contributed by atoms with Crippen LogP contribution in [-0.2, 0) is 10.3 Å². The minimum atomic E-state index is -0.688. The van der Waals surface area contributed by atoms with Gasteiger partial charge in [-0.1, -0.05) is 41.4 Å². The van der Waals surface area contributed by atoms with Gasteiger partial charge in [-0.3, -0.25) is 9.69 Å². The molecule has 1 atom stereocenters. The Kier molecular flexibility index (Phi) is 4.28. The Morgan fingerprint density at radius 3 is 2.42 bits per heavy atom. The van der Waals surface area contributed by atoms with E-state index in [-0.39, 0.29) is 18.3 Å². The predicted octanol–water partition coefficient (Wildman–Crippen LogP) is 4.05. The van der Waals surface area contributed by atoms with Crippen molar-refractivity contribution in [2.24, 2.45) is 10.7 Å². The van der Waals surface area contributed by atoms with E-state index in [0.29, 0.717) is 10.0 Å². The van der Waals surface area contributed by atoms with Crippen molar-refractivity contribution in [1.29, 1.82) is 0 Å². The number of hydrogen-bond donors (Lipinski definition) is 1. The fraction of sp³-hybridized carbons (Fsp3) is 0.222. The molecule has 0 fully saturated rings. The molecule has 1 aliphatic heterocycles. The summed E-state index contributed by atoms with van der Waals surface area (Å²) in [5.41, 5.74) is 7.99. The van der Waals surface area contributed by atoms with Crippen molar-refractivity contribution in [3.05, 3.63) is 58.1 Å². The first-order valence-corrected chi connectivity index (χ1v) is 8.23. The van der Waals surface area contributed by atoms with E-state index in [1.165, 1.54) is 4.90 Å². The smallest absolute Gasteiger partial charge is 0.231 e. The van der Waals surface area contributed by atoms with E-state index < -0.39 is 5.54 Å². The van der Waals surface area contributed by atoms with E-state index in [0.717, 1.165) is 16.7 Å². The van der Waals surface area contributed by atoms with Crippen molar-refractivity contribution >= 4 is 35.1 Å². The van der Waals surface area contributed by atoms with Crippen LogP contribution in [0.3, 0.4) is 0 Å². The molecule has 0 bridgehead atoms. The summed E-state index contributed by atoms with van der Waals surface area (Å²) in [7, 11) is 1.63. The maximum Gasteiger partial charge on any atom is 0.231 e. The number of guanidine groups is 1. The van der Waals surface area contributed by atoms with E-state index in [2.05, 4.69) is 4.99 Å². The lowest BCUT2D eigenvalue weighted by Crippen LogP contribution is -2.47. The van der Waals surface area contributed by atoms with E-state index in [1.54, 1.807) is 13.1 Å². The second-order valence-corrected chi connectivity index (χ2v) is 6.99. The normalized spacial score (nSPS) is 20.9. The van der Waals surface area contributed by atoms with Gasteiger partial charge in [0.1, 0.15) is 0 Å². The van der Waals surface area contributed by atoms with Gasteiger partial charge in [0.05, 0.1) is 12.0 Å². The van der Waals surface area contributed by atoms with Crippen molar-refractivity contribution < 1.29 is 4.79 Å². The highest BCUT2D eigenvalue weighted by Gasteiger charge is 2.36. The summed E-state index contributed by atoms with van der Waals surface area (Å²) >= 11 is 12.2. The molecule has 2 aromatic carbocycles. The molecular formula is C18H17Cl2N3O. The van der Waals surface area contributed by atoms with E-state index in [9.17, 15) is 4.79 Å². The van der Waals surface area contributed by atoms with Crippen LogP contribution in [-0.4, -0.2) is 23.8 Å². The number of benzene rings is 2. The van der Waals surface area contributed by atoms with Gasteiger partial charge in [0.15, 0.2) is 5.96 Å². The Labute approximate surface area is 150 Å². The van der Waals surface area contributed by atoms with Crippen LogP contribution in [0.2, 0.25) is 10.0 Å². The standard InChI is InChI=1S/C18H17Cl2N3O/c1-18(10-16(24)23(2)17(21)22-18)13-5-3-4-11(6-13)12-7-14(19)9-15(20)8-12/h3-9H,10H2,1-2H3,(H2,21,22)/t18-/m0/s1. The lowest BCUT2D eigenvalue weighted by molar-refractivity contribution is -0.128. The molecule has 1 amide bonds. The number of carbonyl (C=O) groups is 1. The van der Waals surface area contributed by atoms with Gasteiger partial charge in [-0.25, -0.2) is 4.99 Å². The van der Waals surface area contributed by atoms with Gasteiger partial charge < -0.3 is 5.73 Å². The first kappa shape index (κ1) is 16.8. The third kappa shape index (κ3) is 3.12. The van der Waals surface area contributed by atoms with Gasteiger partial charge in [0.2, 0.25) is 5.91 Å². The van der Waals surface area contributed by atoms with Crippen LogP contribution in [0.15, 0.2) is 47.5 Å². The molecule has 1 heterocycles. The molecule has 1 aliphatic rings. The largest absolute Gasteiger partial charge is 0.369 e. The second kappa shape index (κ2) is 6.11. The number of halogens is 2. The highest BCUT2D eigenvalue weighted by Crippen LogP contribution is 2.35. The summed E-state index contributed by atoms with van der Waals surface area (Å²) in [5.74, 6) is 0.172. The zero-order chi connectivity index (χ0) is 17.5. The number of nitrogens with two attached hydrogens (primary N) is 1. The lowest BCUT2D eigenvalue weighted by atomic mass is 9.86. The van der Waals surface area contributed by atoms with Crippen molar-refractivity contribution in [3.8, 4) is 11.1 Å². The van der Waals surface area contributed by atoms with E-state index in [1.807, 2.05) is 43.3 Å². The first-order valence-electron chi connectivity index (χ1n) is 7.47. The second-order valence-electron chi connectivity index (χ2n) is 6.11. The molecule has 0 spiro atoms. The van der Waals surface area contributed by atoms with Crippen molar-refractivity contribution in [2.75, 3.05) is 7.05 Å². The molecule has 4 nitrogen and oxygen atoms in total. The van der Waals surface area contributed by atoms with Crippen LogP contribution in [0, 0.1) is 0 Å². The Morgan fingerprint density at radius 1 is 1.12 bits per heavy atom. The minimum absolute atomic E-state index is 0.0544. The third-order valence-corrected chi connectivity index (χ3v) is 4.69. The van der Waals surface area contributed by atoms with Gasteiger partial charge >= 0.3 is 0 Å². The summed E-state index contributed by atoms with van der Waals surface area (Å²) in [6.07, 6.45) is 0.268. The molecule has 2 N–H and O–H groups in total. The summed E-state index contributed by atoms with van der Waals surface area (Å²) in [6, 6.07) is 13.2. The number of nitrogens with zero attached hydrogens (tertiary/aromatic N) is 2. The van der Waals surface area contributed by atoms with Crippen LogP contribution in [0.4, 0.5) is 0 Å². The number of hydrogen-bond acceptors (Lipinski definition) is 3. The SMILES string of the molecule is CN1C(=O)C[C@@](C)(c2cccc(-c3cc(Cl)cc(Cl)c3)c2)N=C1N. The zero-order valence-electron chi connectivity index (χ0n) is 13.4. The number of aliphatic imine (C=N–C) groups is 1. The molecule has 6 heteroatoms. The molecule has 0 aliphatic carbocycles. The maximum atomic E-state index is 12.2. The van der Waals surface area contributed by atoms with Crippen molar-refractivity contribution in [2.45, 2.75) is 18.9 Å². The molecule has 0 aromatic heterocycles. The fourth-order valence-electron chi connectivity index (χ4n) is 2.83. The molecule has 2 aromatic rings. The van der Waals surface area contributed by atoms with Gasteiger partial charge in [0.25, 0.3) is 0 Å². The molecule has 0 saturated carbocycles. The highest BCUT2D eigenvalue weighted by atomic mass is 35.5. The summed E-state index contributed by atoms with van der Waals surface area (Å²) in [5, 5.41) is 1.15. The lowest BCUT2D eigenvalue weighted by Gasteiger charge is -2.33. The highest BCUT2D eigenvalue weighted by molar-refractivity contribution is 6.35. The van der Waals surface area contributed by atoms with E-state index in [4.69, 9.17) is 28.9 Å². The predicted molar refractivity (Wildman–Crippen MR) is 98.3 cm³/mol. The van der Waals surface area contributed by atoms with Gasteiger partial charge in [-0.05, 0) is 47.9 Å². The maximum absolute atomic E-state index is 12.2. The molecule has 124 valence electrons. The van der Waals surface area contributed by atoms with Gasteiger partial charge in [-0.15, -0.1) is 0 Å². The quantitative estimate of drug-likeness (QED) is 0.876. The van der Waals surface area contributed by atoms with Crippen LogP contribution in [0.1, 0.15) is 18.9 Å². The Morgan fingerprint density at radius 2 is 1.79 bits per heavy atom. The summed E-state index contributed by atoms with van der Waals surface area (Å²) in [4.78, 5) is 18.1. The number of rotatable bonds is 2. The fourth-order valence-corrected chi connectivity index (χ4v) is 3.36. The number of amides is 1. The Bertz CT molecular complexity index is 830. The average Bonchev–Trinajstić information content (AvgIpc) is 2.52.